The third-order valence-corrected chi connectivity index (χ3v) is 7.66. The van der Waals surface area contributed by atoms with Crippen molar-refractivity contribution in [1.29, 1.82) is 5.41 Å². The molecule has 0 atom stereocenters. The van der Waals surface area contributed by atoms with Gasteiger partial charge in [0.05, 0.1) is 40.5 Å². The van der Waals surface area contributed by atoms with Gasteiger partial charge in [-0.25, -0.2) is 9.18 Å². The predicted octanol–water partition coefficient (Wildman–Crippen LogP) is 4.18. The SMILES string of the molecule is CC(C)(F)Cn1nc(N2CC(C(F)(F)F)C2)c2cnc(/C(N)=C(/C=N)NC(=O)N3CCCCC34CC4)cc21. The molecule has 1 aliphatic carbocycles. The Morgan fingerprint density at radius 1 is 1.24 bits per heavy atom. The molecule has 2 amide bonds. The average Bonchev–Trinajstić information content (AvgIpc) is 3.48. The molecular weight excluding hydrogens is 504 g/mol. The van der Waals surface area contributed by atoms with E-state index in [9.17, 15) is 22.4 Å². The number of hydrogen-bond donors (Lipinski definition) is 3. The van der Waals surface area contributed by atoms with Crippen molar-refractivity contribution in [2.45, 2.75) is 69.9 Å². The highest BCUT2D eigenvalue weighted by Crippen LogP contribution is 2.48. The highest BCUT2D eigenvalue weighted by molar-refractivity contribution is 5.96. The highest BCUT2D eigenvalue weighted by Gasteiger charge is 2.51. The van der Waals surface area contributed by atoms with E-state index >= 15 is 0 Å². The van der Waals surface area contributed by atoms with Gasteiger partial charge in [0, 0.05) is 37.6 Å². The molecule has 0 bridgehead atoms. The Bertz CT molecular complexity index is 1280. The van der Waals surface area contributed by atoms with Gasteiger partial charge in [0.25, 0.3) is 0 Å². The lowest BCUT2D eigenvalue weighted by atomic mass is 9.99. The van der Waals surface area contributed by atoms with E-state index in [1.807, 2.05) is 4.90 Å². The van der Waals surface area contributed by atoms with Crippen LogP contribution in [0.3, 0.4) is 0 Å². The van der Waals surface area contributed by atoms with Crippen molar-refractivity contribution >= 4 is 34.7 Å². The van der Waals surface area contributed by atoms with Crippen LogP contribution < -0.4 is 16.0 Å². The summed E-state index contributed by atoms with van der Waals surface area (Å²) in [4.78, 5) is 20.8. The first kappa shape index (κ1) is 26.2. The van der Waals surface area contributed by atoms with Gasteiger partial charge in [0.15, 0.2) is 5.82 Å². The van der Waals surface area contributed by atoms with E-state index in [1.165, 1.54) is 29.6 Å². The number of piperidine rings is 1. The molecule has 2 aromatic rings. The first-order chi connectivity index (χ1) is 17.8. The van der Waals surface area contributed by atoms with Crippen molar-refractivity contribution in [3.63, 3.8) is 0 Å². The van der Waals surface area contributed by atoms with Crippen LogP contribution in [0.4, 0.5) is 28.2 Å². The quantitative estimate of drug-likeness (QED) is 0.378. The fraction of sp³-hybridized carbons (Fsp3) is 0.600. The monoisotopic (exact) mass is 536 g/mol. The minimum absolute atomic E-state index is 0.0481. The van der Waals surface area contributed by atoms with Gasteiger partial charge in [0.1, 0.15) is 5.67 Å². The van der Waals surface area contributed by atoms with E-state index in [0.717, 1.165) is 38.3 Å². The Hall–Kier alpha value is -3.38. The summed E-state index contributed by atoms with van der Waals surface area (Å²) < 4.78 is 55.2. The number of fused-ring (bicyclic) bond motifs is 1. The Kier molecular flexibility index (Phi) is 6.30. The van der Waals surface area contributed by atoms with E-state index in [2.05, 4.69) is 15.4 Å². The maximum Gasteiger partial charge on any atom is 0.395 e. The zero-order valence-corrected chi connectivity index (χ0v) is 21.4. The molecule has 38 heavy (non-hydrogen) atoms. The molecule has 4 heterocycles. The van der Waals surface area contributed by atoms with Crippen molar-refractivity contribution < 1.29 is 22.4 Å². The summed E-state index contributed by atoms with van der Waals surface area (Å²) in [7, 11) is 0. The van der Waals surface area contributed by atoms with Gasteiger partial charge in [-0.15, -0.1) is 0 Å². The molecule has 0 radical (unpaired) electrons. The summed E-state index contributed by atoms with van der Waals surface area (Å²) in [6, 6.07) is 1.25. The molecule has 4 N–H and O–H groups in total. The standard InChI is InChI=1S/C25H32F4N8O/c1-23(2,26)14-37-19-9-17(32-11-16(19)21(34-37)35-12-15(13-35)25(27,28)29)20(31)18(10-30)33-22(38)36-8-4-3-5-24(36)6-7-24/h9-11,15,30H,3-8,12-14,31H2,1-2H3,(H,33,38)/b20-18+,30-10?. The molecule has 9 nitrogen and oxygen atoms in total. The van der Waals surface area contributed by atoms with Gasteiger partial charge < -0.3 is 26.3 Å². The summed E-state index contributed by atoms with van der Waals surface area (Å²) in [5.74, 6) is -1.15. The third-order valence-electron chi connectivity index (χ3n) is 7.66. The minimum atomic E-state index is -4.29. The maximum absolute atomic E-state index is 14.6. The number of nitrogens with one attached hydrogen (secondary N) is 2. The number of hydrogen-bond acceptors (Lipinski definition) is 6. The molecule has 206 valence electrons. The lowest BCUT2D eigenvalue weighted by Gasteiger charge is -2.40. The number of alkyl halides is 4. The van der Waals surface area contributed by atoms with Crippen LogP contribution in [0.1, 0.15) is 51.6 Å². The second-order valence-corrected chi connectivity index (χ2v) is 11.2. The number of nitrogens with two attached hydrogens (primary N) is 1. The summed E-state index contributed by atoms with van der Waals surface area (Å²) in [5, 5.41) is 15.5. The Morgan fingerprint density at radius 2 is 1.95 bits per heavy atom. The van der Waals surface area contributed by atoms with Gasteiger partial charge in [0.2, 0.25) is 0 Å². The Balaban J connectivity index is 1.45. The number of rotatable bonds is 6. The number of aromatic nitrogens is 3. The smallest absolute Gasteiger partial charge is 0.395 e. The molecule has 2 aliphatic heterocycles. The van der Waals surface area contributed by atoms with Crippen LogP contribution in [0.25, 0.3) is 16.6 Å². The lowest BCUT2D eigenvalue weighted by Crippen LogP contribution is -2.53. The molecule has 3 aliphatic rings. The number of allylic oxidation sites excluding steroid dienone is 1. The first-order valence-electron chi connectivity index (χ1n) is 12.8. The van der Waals surface area contributed by atoms with Crippen molar-refractivity contribution in [3.05, 3.63) is 23.7 Å². The number of anilines is 1. The van der Waals surface area contributed by atoms with E-state index in [-0.39, 0.29) is 48.3 Å². The van der Waals surface area contributed by atoms with Crippen molar-refractivity contribution in [3.8, 4) is 0 Å². The van der Waals surface area contributed by atoms with E-state index in [1.54, 1.807) is 6.07 Å². The molecule has 1 saturated carbocycles. The highest BCUT2D eigenvalue weighted by atomic mass is 19.4. The Labute approximate surface area is 217 Å². The molecule has 2 aromatic heterocycles. The van der Waals surface area contributed by atoms with E-state index in [4.69, 9.17) is 11.1 Å². The number of carbonyl (C=O) groups excluding carboxylic acids is 1. The third kappa shape index (κ3) is 4.90. The van der Waals surface area contributed by atoms with Gasteiger partial charge in [-0.2, -0.15) is 18.3 Å². The summed E-state index contributed by atoms with van der Waals surface area (Å²) in [6.45, 7) is 2.80. The zero-order valence-electron chi connectivity index (χ0n) is 21.4. The second-order valence-electron chi connectivity index (χ2n) is 11.2. The Morgan fingerprint density at radius 3 is 2.55 bits per heavy atom. The second kappa shape index (κ2) is 9.12. The van der Waals surface area contributed by atoms with Crippen LogP contribution in [0.15, 0.2) is 18.0 Å². The zero-order chi connectivity index (χ0) is 27.5. The van der Waals surface area contributed by atoms with Crippen LogP contribution in [0.5, 0.6) is 0 Å². The van der Waals surface area contributed by atoms with E-state index < -0.39 is 17.8 Å². The summed E-state index contributed by atoms with van der Waals surface area (Å²) in [5.41, 5.74) is 5.41. The fourth-order valence-corrected chi connectivity index (χ4v) is 5.35. The topological polar surface area (TPSA) is 116 Å². The number of nitrogens with zero attached hydrogens (tertiary/aromatic N) is 5. The molecule has 5 rings (SSSR count). The fourth-order valence-electron chi connectivity index (χ4n) is 5.35. The number of likely N-dealkylation sites (tertiary alicyclic amines) is 1. The molecule has 13 heteroatoms. The number of halogens is 4. The molecule has 0 unspecified atom stereocenters. The van der Waals surface area contributed by atoms with Gasteiger partial charge in [-0.1, -0.05) is 0 Å². The first-order valence-corrected chi connectivity index (χ1v) is 12.8. The molecule has 2 saturated heterocycles. The van der Waals surface area contributed by atoms with Gasteiger partial charge >= 0.3 is 12.2 Å². The maximum atomic E-state index is 14.6. The largest absolute Gasteiger partial charge is 0.395 e. The van der Waals surface area contributed by atoms with E-state index in [0.29, 0.717) is 23.3 Å². The minimum Gasteiger partial charge on any atom is -0.395 e. The summed E-state index contributed by atoms with van der Waals surface area (Å²) >= 11 is 0. The van der Waals surface area contributed by atoms with Crippen LogP contribution in [-0.2, 0) is 6.54 Å². The predicted molar refractivity (Wildman–Crippen MR) is 135 cm³/mol. The average molecular weight is 537 g/mol. The van der Waals surface area contributed by atoms with Crippen molar-refractivity contribution in [2.75, 3.05) is 24.5 Å². The number of carbonyl (C=O) groups is 1. The lowest BCUT2D eigenvalue weighted by molar-refractivity contribution is -0.180. The number of pyridine rings is 1. The van der Waals surface area contributed by atoms with Crippen LogP contribution in [0.2, 0.25) is 0 Å². The van der Waals surface area contributed by atoms with Crippen LogP contribution in [0, 0.1) is 11.3 Å². The normalized spacial score (nSPS) is 20.4. The van der Waals surface area contributed by atoms with Crippen LogP contribution >= 0.6 is 0 Å². The number of urea groups is 1. The molecule has 1 spiro atoms. The van der Waals surface area contributed by atoms with Crippen LogP contribution in [-0.4, -0.2) is 68.9 Å². The van der Waals surface area contributed by atoms with Gasteiger partial charge in [-0.05, 0) is 52.0 Å². The van der Waals surface area contributed by atoms with Crippen molar-refractivity contribution in [1.82, 2.24) is 25.0 Å². The molecule has 3 fully saturated rings. The molecular formula is C25H32F4N8O. The number of amides is 2. The van der Waals surface area contributed by atoms with Crippen molar-refractivity contribution in [2.24, 2.45) is 11.7 Å². The van der Waals surface area contributed by atoms with Gasteiger partial charge in [-0.3, -0.25) is 9.67 Å². The molecule has 0 aromatic carbocycles. The summed E-state index contributed by atoms with van der Waals surface area (Å²) in [6.07, 6.45) is 3.01.